The molecule has 0 aliphatic carbocycles. The predicted molar refractivity (Wildman–Crippen MR) is 85.6 cm³/mol. The molecule has 1 aromatic carbocycles. The first kappa shape index (κ1) is 21.2. The van der Waals surface area contributed by atoms with Gasteiger partial charge in [0.25, 0.3) is 11.8 Å². The number of rotatable bonds is 6. The van der Waals surface area contributed by atoms with Gasteiger partial charge in [-0.3, -0.25) is 14.9 Å². The molecule has 2 atom stereocenters. The molecular weight excluding hydrogens is 357 g/mol. The average molecular weight is 377 g/mol. The van der Waals surface area contributed by atoms with Crippen LogP contribution in [0.25, 0.3) is 0 Å². The Labute approximate surface area is 147 Å². The molecule has 0 bridgehead atoms. The number of hydrogen-bond acceptors (Lipinski definition) is 4. The van der Waals surface area contributed by atoms with E-state index in [1.807, 2.05) is 0 Å². The van der Waals surface area contributed by atoms with E-state index in [0.29, 0.717) is 4.90 Å². The van der Waals surface area contributed by atoms with E-state index < -0.39 is 36.0 Å². The fourth-order valence-corrected chi connectivity index (χ4v) is 1.86. The van der Waals surface area contributed by atoms with Crippen molar-refractivity contribution in [2.24, 2.45) is 0 Å². The zero-order chi connectivity index (χ0) is 19.9. The maximum atomic E-state index is 12.1. The zero-order valence-electron chi connectivity index (χ0n) is 14.4. The molecule has 0 heterocycles. The number of urea groups is 1. The summed E-state index contributed by atoms with van der Waals surface area (Å²) < 4.78 is 40.0. The predicted octanol–water partition coefficient (Wildman–Crippen LogP) is -0.117. The van der Waals surface area contributed by atoms with Gasteiger partial charge in [-0.25, -0.2) is 4.79 Å². The van der Waals surface area contributed by atoms with E-state index in [1.165, 1.54) is 19.2 Å². The summed E-state index contributed by atoms with van der Waals surface area (Å²) in [4.78, 5) is 35.4. The lowest BCUT2D eigenvalue weighted by Crippen LogP contribution is -3.15. The van der Waals surface area contributed by atoms with Crippen LogP contribution < -0.4 is 25.6 Å². The van der Waals surface area contributed by atoms with E-state index in [1.54, 1.807) is 14.0 Å². The number of halogens is 3. The summed E-state index contributed by atoms with van der Waals surface area (Å²) in [5.41, 5.74) is 0.278. The molecule has 0 saturated heterocycles. The first-order chi connectivity index (χ1) is 12.0. The van der Waals surface area contributed by atoms with Crippen molar-refractivity contribution in [1.82, 2.24) is 10.6 Å². The van der Waals surface area contributed by atoms with Crippen molar-refractivity contribution in [2.45, 2.75) is 19.3 Å². The fraction of sp³-hybridized carbons (Fsp3) is 0.400. The number of anilines is 1. The van der Waals surface area contributed by atoms with Crippen molar-refractivity contribution in [3.63, 3.8) is 0 Å². The summed E-state index contributed by atoms with van der Waals surface area (Å²) in [6, 6.07) is 3.32. The Kier molecular flexibility index (Phi) is 7.38. The van der Waals surface area contributed by atoms with Crippen LogP contribution in [0, 0.1) is 0 Å². The summed E-state index contributed by atoms with van der Waals surface area (Å²) >= 11 is 0. The molecule has 1 rings (SSSR count). The Hall–Kier alpha value is -2.82. The van der Waals surface area contributed by atoms with Crippen LogP contribution in [0.1, 0.15) is 6.92 Å². The maximum Gasteiger partial charge on any atom is 0.573 e. The summed E-state index contributed by atoms with van der Waals surface area (Å²) in [7, 11) is 2.95. The summed E-state index contributed by atoms with van der Waals surface area (Å²) in [5, 5.41) is 6.85. The Balaban J connectivity index is 2.55. The highest BCUT2D eigenvalue weighted by Gasteiger charge is 2.31. The molecule has 0 aliphatic rings. The molecule has 26 heavy (non-hydrogen) atoms. The molecule has 0 fully saturated rings. The fourth-order valence-electron chi connectivity index (χ4n) is 1.86. The third kappa shape index (κ3) is 7.38. The van der Waals surface area contributed by atoms with Crippen LogP contribution in [0.5, 0.6) is 5.75 Å². The second kappa shape index (κ2) is 9.04. The third-order valence-corrected chi connectivity index (χ3v) is 3.41. The molecule has 0 spiro atoms. The Morgan fingerprint density at radius 2 is 1.77 bits per heavy atom. The average Bonchev–Trinajstić information content (AvgIpc) is 2.54. The summed E-state index contributed by atoms with van der Waals surface area (Å²) in [6.45, 7) is 1.45. The van der Waals surface area contributed by atoms with E-state index in [4.69, 9.17) is 0 Å². The molecule has 0 aliphatic heterocycles. The zero-order valence-corrected chi connectivity index (χ0v) is 14.4. The van der Waals surface area contributed by atoms with Crippen molar-refractivity contribution in [2.75, 3.05) is 26.0 Å². The van der Waals surface area contributed by atoms with E-state index in [-0.39, 0.29) is 12.2 Å². The van der Waals surface area contributed by atoms with Crippen molar-refractivity contribution in [3.05, 3.63) is 24.3 Å². The van der Waals surface area contributed by atoms with Crippen LogP contribution in [0.4, 0.5) is 23.7 Å². The largest absolute Gasteiger partial charge is 0.573 e. The standard InChI is InChI=1S/C15H19F3N4O4/c1-9(13(24)21-14(25)19-2)22(3)8-12(23)20-10-4-6-11(7-5-10)26-15(16,17)18/h4-7,9H,8H2,1-3H3,(H,20,23)(H2,19,21,24,25)/p+1/t9-/m0/s1. The monoisotopic (exact) mass is 377 g/mol. The van der Waals surface area contributed by atoms with Crippen molar-refractivity contribution >= 4 is 23.5 Å². The lowest BCUT2D eigenvalue weighted by Gasteiger charge is -2.20. The lowest BCUT2D eigenvalue weighted by molar-refractivity contribution is -0.885. The first-order valence-corrected chi connectivity index (χ1v) is 7.52. The number of amides is 4. The molecule has 4 amide bonds. The van der Waals surface area contributed by atoms with Gasteiger partial charge in [0.15, 0.2) is 12.6 Å². The summed E-state index contributed by atoms with van der Waals surface area (Å²) in [6.07, 6.45) is -4.79. The number of carbonyl (C=O) groups excluding carboxylic acids is 3. The highest BCUT2D eigenvalue weighted by molar-refractivity contribution is 5.96. The topological polar surface area (TPSA) is 101 Å². The molecule has 0 saturated carbocycles. The number of imide groups is 1. The highest BCUT2D eigenvalue weighted by Crippen LogP contribution is 2.23. The Bertz CT molecular complexity index is 649. The molecule has 0 radical (unpaired) electrons. The minimum absolute atomic E-state index is 0.0941. The number of quaternary nitrogens is 1. The third-order valence-electron chi connectivity index (χ3n) is 3.41. The van der Waals surface area contributed by atoms with Gasteiger partial charge in [-0.1, -0.05) is 0 Å². The Morgan fingerprint density at radius 3 is 2.27 bits per heavy atom. The van der Waals surface area contributed by atoms with Crippen molar-refractivity contribution in [3.8, 4) is 5.75 Å². The maximum absolute atomic E-state index is 12.1. The molecule has 1 aromatic rings. The Morgan fingerprint density at radius 1 is 1.19 bits per heavy atom. The van der Waals surface area contributed by atoms with Gasteiger partial charge in [-0.2, -0.15) is 0 Å². The van der Waals surface area contributed by atoms with Gasteiger partial charge < -0.3 is 20.3 Å². The highest BCUT2D eigenvalue weighted by atomic mass is 19.4. The van der Waals surface area contributed by atoms with E-state index in [2.05, 4.69) is 20.7 Å². The van der Waals surface area contributed by atoms with E-state index in [9.17, 15) is 27.6 Å². The quantitative estimate of drug-likeness (QED) is 0.555. The lowest BCUT2D eigenvalue weighted by atomic mass is 10.2. The van der Waals surface area contributed by atoms with Gasteiger partial charge in [0, 0.05) is 12.7 Å². The number of likely N-dealkylation sites (N-methyl/N-ethyl adjacent to an activating group) is 1. The van der Waals surface area contributed by atoms with Gasteiger partial charge in [0.05, 0.1) is 7.05 Å². The van der Waals surface area contributed by atoms with E-state index >= 15 is 0 Å². The second-order valence-electron chi connectivity index (χ2n) is 5.43. The van der Waals surface area contributed by atoms with Crippen molar-refractivity contribution in [1.29, 1.82) is 0 Å². The summed E-state index contributed by atoms with van der Waals surface area (Å²) in [5.74, 6) is -1.41. The van der Waals surface area contributed by atoms with Gasteiger partial charge >= 0.3 is 12.4 Å². The van der Waals surface area contributed by atoms with Crippen molar-refractivity contribution < 1.29 is 37.2 Å². The number of ether oxygens (including phenoxy) is 1. The van der Waals surface area contributed by atoms with Crippen LogP contribution >= 0.6 is 0 Å². The van der Waals surface area contributed by atoms with Crippen LogP contribution in [-0.2, 0) is 9.59 Å². The number of benzene rings is 1. The number of hydrogen-bond donors (Lipinski definition) is 4. The van der Waals surface area contributed by atoms with Crippen LogP contribution in [0.15, 0.2) is 24.3 Å². The normalized spacial score (nSPS) is 13.3. The van der Waals surface area contributed by atoms with Gasteiger partial charge in [0.2, 0.25) is 0 Å². The van der Waals surface area contributed by atoms with Crippen LogP contribution in [0.2, 0.25) is 0 Å². The van der Waals surface area contributed by atoms with Crippen LogP contribution in [-0.4, -0.2) is 50.9 Å². The molecule has 8 nitrogen and oxygen atoms in total. The minimum atomic E-state index is -4.79. The molecular formula is C15H20F3N4O4+. The van der Waals surface area contributed by atoms with Crippen LogP contribution in [0.3, 0.4) is 0 Å². The number of alkyl halides is 3. The van der Waals surface area contributed by atoms with Gasteiger partial charge in [-0.15, -0.1) is 13.2 Å². The molecule has 11 heteroatoms. The SMILES string of the molecule is CNC(=O)NC(=O)[C@H](C)[NH+](C)CC(=O)Nc1ccc(OC(F)(F)F)cc1. The smallest absolute Gasteiger partial charge is 0.406 e. The molecule has 144 valence electrons. The number of carbonyl (C=O) groups is 3. The van der Waals surface area contributed by atoms with Gasteiger partial charge in [0.1, 0.15) is 5.75 Å². The molecule has 1 unspecified atom stereocenters. The van der Waals surface area contributed by atoms with Gasteiger partial charge in [-0.05, 0) is 31.2 Å². The minimum Gasteiger partial charge on any atom is -0.406 e. The molecule has 4 N–H and O–H groups in total. The molecule has 0 aromatic heterocycles. The second-order valence-corrected chi connectivity index (χ2v) is 5.43. The first-order valence-electron chi connectivity index (χ1n) is 7.52. The van der Waals surface area contributed by atoms with E-state index in [0.717, 1.165) is 12.1 Å². The number of nitrogens with one attached hydrogen (secondary N) is 4.